The lowest BCUT2D eigenvalue weighted by Gasteiger charge is -1.90. The maximum Gasteiger partial charge on any atom is 0.175 e. The number of hydrogen-bond donors (Lipinski definition) is 0. The molecule has 2 aromatic heterocycles. The number of thioether (sulfide) groups is 2. The molecule has 18 heavy (non-hydrogen) atoms. The van der Waals surface area contributed by atoms with Gasteiger partial charge in [-0.3, -0.25) is 0 Å². The molecule has 1 aromatic carbocycles. The van der Waals surface area contributed by atoms with Crippen molar-refractivity contribution in [2.45, 2.75) is 14.4 Å². The Morgan fingerprint density at radius 3 is 2.72 bits per heavy atom. The summed E-state index contributed by atoms with van der Waals surface area (Å²) in [5, 5.41) is 9.37. The van der Waals surface area contributed by atoms with Crippen LogP contribution in [0.4, 0.5) is 0 Å². The quantitative estimate of drug-likeness (QED) is 0.676. The van der Waals surface area contributed by atoms with Crippen molar-refractivity contribution in [1.29, 1.82) is 0 Å². The Balaban J connectivity index is 1.72. The molecule has 0 aliphatic rings. The van der Waals surface area contributed by atoms with Crippen LogP contribution in [0.1, 0.15) is 5.01 Å². The number of benzene rings is 1. The van der Waals surface area contributed by atoms with Crippen LogP contribution >= 0.6 is 46.2 Å². The number of para-hydroxylation sites is 1. The van der Waals surface area contributed by atoms with E-state index in [4.69, 9.17) is 0 Å². The first kappa shape index (κ1) is 12.4. The molecule has 7 heteroatoms. The van der Waals surface area contributed by atoms with Crippen molar-refractivity contribution in [2.75, 3.05) is 6.26 Å². The summed E-state index contributed by atoms with van der Waals surface area (Å²) in [4.78, 5) is 4.60. The summed E-state index contributed by atoms with van der Waals surface area (Å²) in [6, 6.07) is 8.23. The highest BCUT2D eigenvalue weighted by atomic mass is 32.2. The van der Waals surface area contributed by atoms with E-state index < -0.39 is 0 Å². The van der Waals surface area contributed by atoms with Crippen molar-refractivity contribution in [2.24, 2.45) is 0 Å². The second kappa shape index (κ2) is 5.56. The van der Waals surface area contributed by atoms with Gasteiger partial charge in [-0.2, -0.15) is 0 Å². The molecule has 3 nitrogen and oxygen atoms in total. The molecule has 0 radical (unpaired) electrons. The van der Waals surface area contributed by atoms with Gasteiger partial charge in [0, 0.05) is 0 Å². The standard InChI is InChI=1S/C11H9N3S4/c1-15-10-13-14-11(18-10)16-6-9-12-7-4-2-3-5-8(7)17-9/h2-5H,6H2,1H3. The molecular weight excluding hydrogens is 302 g/mol. The molecule has 0 atom stereocenters. The van der Waals surface area contributed by atoms with Gasteiger partial charge in [-0.25, -0.2) is 4.98 Å². The van der Waals surface area contributed by atoms with Gasteiger partial charge in [-0.05, 0) is 18.4 Å². The predicted octanol–water partition coefficient (Wildman–Crippen LogP) is 4.16. The zero-order chi connectivity index (χ0) is 12.4. The topological polar surface area (TPSA) is 38.7 Å². The number of nitrogens with zero attached hydrogens (tertiary/aromatic N) is 3. The van der Waals surface area contributed by atoms with E-state index in [9.17, 15) is 0 Å². The summed E-state index contributed by atoms with van der Waals surface area (Å²) < 4.78 is 3.27. The number of aromatic nitrogens is 3. The summed E-state index contributed by atoms with van der Waals surface area (Å²) in [6.45, 7) is 0. The van der Waals surface area contributed by atoms with E-state index >= 15 is 0 Å². The van der Waals surface area contributed by atoms with Crippen LogP contribution < -0.4 is 0 Å². The summed E-state index contributed by atoms with van der Waals surface area (Å²) in [7, 11) is 0. The van der Waals surface area contributed by atoms with E-state index in [2.05, 4.69) is 27.3 Å². The van der Waals surface area contributed by atoms with Crippen molar-refractivity contribution in [1.82, 2.24) is 15.2 Å². The highest BCUT2D eigenvalue weighted by Crippen LogP contribution is 2.31. The lowest BCUT2D eigenvalue weighted by Crippen LogP contribution is -1.77. The normalized spacial score (nSPS) is 11.2. The average molecular weight is 311 g/mol. The highest BCUT2D eigenvalue weighted by Gasteiger charge is 2.07. The van der Waals surface area contributed by atoms with E-state index in [1.807, 2.05) is 18.4 Å². The molecule has 0 fully saturated rings. The van der Waals surface area contributed by atoms with Gasteiger partial charge in [0.15, 0.2) is 8.68 Å². The third-order valence-corrected chi connectivity index (χ3v) is 6.48. The largest absolute Gasteiger partial charge is 0.240 e. The van der Waals surface area contributed by atoms with Crippen molar-refractivity contribution in [3.05, 3.63) is 29.3 Å². The van der Waals surface area contributed by atoms with Gasteiger partial charge in [0.2, 0.25) is 0 Å². The number of fused-ring (bicyclic) bond motifs is 1. The first-order valence-corrected chi connectivity index (χ1v) is 9.04. The molecule has 3 rings (SSSR count). The first-order chi connectivity index (χ1) is 8.85. The number of hydrogen-bond acceptors (Lipinski definition) is 7. The second-order valence-electron chi connectivity index (χ2n) is 3.40. The van der Waals surface area contributed by atoms with Gasteiger partial charge >= 0.3 is 0 Å². The lowest BCUT2D eigenvalue weighted by molar-refractivity contribution is 0.955. The Bertz CT molecular complexity index is 628. The smallest absolute Gasteiger partial charge is 0.175 e. The molecule has 0 spiro atoms. The zero-order valence-corrected chi connectivity index (χ0v) is 12.8. The maximum atomic E-state index is 4.60. The number of thiazole rings is 1. The Morgan fingerprint density at radius 1 is 1.11 bits per heavy atom. The van der Waals surface area contributed by atoms with Crippen LogP contribution in [-0.4, -0.2) is 21.4 Å². The van der Waals surface area contributed by atoms with Crippen LogP contribution in [-0.2, 0) is 5.75 Å². The molecule has 2 heterocycles. The molecule has 0 aliphatic carbocycles. The lowest BCUT2D eigenvalue weighted by atomic mass is 10.3. The van der Waals surface area contributed by atoms with Crippen molar-refractivity contribution in [3.8, 4) is 0 Å². The Labute approximate surface area is 121 Å². The van der Waals surface area contributed by atoms with E-state index in [1.165, 1.54) is 4.70 Å². The molecule has 0 saturated heterocycles. The Morgan fingerprint density at radius 2 is 1.94 bits per heavy atom. The number of rotatable bonds is 4. The van der Waals surface area contributed by atoms with Crippen LogP contribution in [0.2, 0.25) is 0 Å². The minimum atomic E-state index is 0.863. The summed E-state index contributed by atoms with van der Waals surface area (Å²) in [6.07, 6.45) is 2.02. The van der Waals surface area contributed by atoms with Gasteiger partial charge in [-0.1, -0.05) is 47.0 Å². The van der Waals surface area contributed by atoms with E-state index in [0.717, 1.165) is 25.0 Å². The monoisotopic (exact) mass is 311 g/mol. The van der Waals surface area contributed by atoms with Crippen molar-refractivity contribution < 1.29 is 0 Å². The molecule has 0 aliphatic heterocycles. The molecule has 0 amide bonds. The predicted molar refractivity (Wildman–Crippen MR) is 80.9 cm³/mol. The Kier molecular flexibility index (Phi) is 3.83. The third kappa shape index (κ3) is 2.69. The molecule has 0 N–H and O–H groups in total. The van der Waals surface area contributed by atoms with E-state index in [-0.39, 0.29) is 0 Å². The van der Waals surface area contributed by atoms with Gasteiger partial charge < -0.3 is 0 Å². The van der Waals surface area contributed by atoms with E-state index in [0.29, 0.717) is 0 Å². The zero-order valence-electron chi connectivity index (χ0n) is 9.49. The minimum absolute atomic E-state index is 0.863. The van der Waals surface area contributed by atoms with Crippen molar-refractivity contribution >= 4 is 56.4 Å². The fraction of sp³-hybridized carbons (Fsp3) is 0.182. The molecule has 0 unspecified atom stereocenters. The molecule has 92 valence electrons. The van der Waals surface area contributed by atoms with E-state index in [1.54, 1.807) is 46.2 Å². The maximum absolute atomic E-state index is 4.60. The average Bonchev–Trinajstić information content (AvgIpc) is 3.02. The van der Waals surface area contributed by atoms with Crippen LogP contribution in [0, 0.1) is 0 Å². The van der Waals surface area contributed by atoms with Crippen LogP contribution in [0.15, 0.2) is 32.9 Å². The minimum Gasteiger partial charge on any atom is -0.240 e. The van der Waals surface area contributed by atoms with Gasteiger partial charge in [0.1, 0.15) is 5.01 Å². The fourth-order valence-electron chi connectivity index (χ4n) is 1.44. The summed E-state index contributed by atoms with van der Waals surface area (Å²) in [5.41, 5.74) is 1.08. The van der Waals surface area contributed by atoms with Crippen LogP contribution in [0.5, 0.6) is 0 Å². The van der Waals surface area contributed by atoms with Gasteiger partial charge in [-0.15, -0.1) is 21.5 Å². The Hall–Kier alpha value is -0.630. The van der Waals surface area contributed by atoms with Crippen LogP contribution in [0.3, 0.4) is 0 Å². The summed E-state index contributed by atoms with van der Waals surface area (Å²) in [5.74, 6) is 0.863. The highest BCUT2D eigenvalue weighted by molar-refractivity contribution is 8.02. The van der Waals surface area contributed by atoms with Gasteiger partial charge in [0.05, 0.1) is 16.0 Å². The summed E-state index contributed by atoms with van der Waals surface area (Å²) >= 11 is 6.73. The second-order valence-corrected chi connectivity index (χ2v) is 7.77. The molecule has 0 saturated carbocycles. The molecule has 0 bridgehead atoms. The van der Waals surface area contributed by atoms with Gasteiger partial charge in [0.25, 0.3) is 0 Å². The van der Waals surface area contributed by atoms with Crippen molar-refractivity contribution in [3.63, 3.8) is 0 Å². The third-order valence-electron chi connectivity index (χ3n) is 2.22. The van der Waals surface area contributed by atoms with Crippen LogP contribution in [0.25, 0.3) is 10.2 Å². The first-order valence-electron chi connectivity index (χ1n) is 5.20. The molecular formula is C11H9N3S4. The SMILES string of the molecule is CSc1nnc(SCc2nc3ccccc3s2)s1. The molecule has 3 aromatic rings. The fourth-order valence-corrected chi connectivity index (χ4v) is 4.84.